The van der Waals surface area contributed by atoms with Gasteiger partial charge < -0.3 is 110 Å². The number of carbonyl (C=O) groups excluding carboxylic acids is 8. The van der Waals surface area contributed by atoms with Gasteiger partial charge in [0.2, 0.25) is 5.91 Å². The molecular formula is C118H128ClF2N15O14. The molecule has 1 heterocycles. The predicted octanol–water partition coefficient (Wildman–Crippen LogP) is 22.6. The van der Waals surface area contributed by atoms with Gasteiger partial charge in [-0.25, -0.2) is 42.3 Å². The first kappa shape index (κ1) is 116. The van der Waals surface area contributed by atoms with Crippen molar-refractivity contribution in [1.29, 1.82) is 0 Å². The van der Waals surface area contributed by atoms with Gasteiger partial charge in [0.15, 0.2) is 0 Å². The highest BCUT2D eigenvalue weighted by Gasteiger charge is 2.28. The highest BCUT2D eigenvalue weighted by molar-refractivity contribution is 6.34. The van der Waals surface area contributed by atoms with Crippen molar-refractivity contribution in [2.24, 2.45) is 5.73 Å². The number of primary amides is 1. The number of fused-ring (bicyclic) bond motifs is 1. The minimum Gasteiger partial charge on any atom is -0.508 e. The van der Waals surface area contributed by atoms with Gasteiger partial charge in [0, 0.05) is 98.4 Å². The van der Waals surface area contributed by atoms with Crippen LogP contribution in [0.1, 0.15) is 102 Å². The molecule has 0 radical (unpaired) electrons. The lowest BCUT2D eigenvalue weighted by atomic mass is 10.1. The number of terminal acetylenes is 1. The number of aryl methyl sites for hydroxylation is 5. The summed E-state index contributed by atoms with van der Waals surface area (Å²) in [7, 11) is 1.58. The number of phenols is 4. The molecule has 0 saturated heterocycles. The number of methoxy groups -OCH3 is 1. The molecule has 0 aliphatic carbocycles. The maximum atomic E-state index is 13.5. The molecule has 20 N–H and O–H groups in total. The van der Waals surface area contributed by atoms with E-state index in [1.165, 1.54) is 63.7 Å². The van der Waals surface area contributed by atoms with Crippen molar-refractivity contribution < 1.29 is 77.0 Å². The Morgan fingerprint density at radius 3 is 1.04 bits per heavy atom. The third-order valence-corrected chi connectivity index (χ3v) is 22.6. The number of nitrogens with one attached hydrogen (secondary N) is 14. The summed E-state index contributed by atoms with van der Waals surface area (Å²) in [4.78, 5) is 93.6. The third kappa shape index (κ3) is 45.1. The van der Waals surface area contributed by atoms with Crippen molar-refractivity contribution in [2.45, 2.75) is 98.3 Å². The number of anilines is 7. The second-order valence-corrected chi connectivity index (χ2v) is 34.9. The van der Waals surface area contributed by atoms with Crippen LogP contribution in [0.15, 0.2) is 334 Å². The average Bonchev–Trinajstić information content (AvgIpc) is 0.851. The first-order valence-electron chi connectivity index (χ1n) is 48.5. The smallest absolute Gasteiger partial charge is 0.319 e. The molecule has 780 valence electrons. The molecule has 15 rings (SSSR count). The number of rotatable bonds is 31. The van der Waals surface area contributed by atoms with Crippen LogP contribution in [0.5, 0.6) is 34.5 Å². The van der Waals surface area contributed by atoms with E-state index in [0.717, 1.165) is 114 Å². The number of aromatic hydroxyl groups is 4. The van der Waals surface area contributed by atoms with Crippen molar-refractivity contribution in [3.8, 4) is 46.8 Å². The number of phenolic OH excluding ortho intramolecular Hbond substituents is 4. The lowest BCUT2D eigenvalue weighted by Crippen LogP contribution is -2.31. The molecule has 0 spiro atoms. The Bertz CT molecular complexity index is 6650. The minimum atomic E-state index is -3.03. The standard InChI is InChI=1S/C18H20N2O3.C17H18ClN3O2.C17H18F2N2O2.C17H20N2O2.C17H16N2O2.C17H20N2O.C15H16N2O2/c21-16-7-3-13(4-8-16)9-10-19-18(22)20-15-6-5-14-2-1-11-23-17(14)12-15;1-11-2-4-12(5-3-11)8-9-20-17(23)21-13-6-7-14(16(19)22)15(18)10-13;1-17(18,19)14-4-2-3-5-15(14)21-16(23)20-11-10-12-6-8-13(22)9-7-12;1-13-7-9-14(10-8-13)11-12-18-17(20)19-15-5-3-4-6-16(15)21-2;1-2-13-3-7-15(8-4-13)19-17(21)18-12-11-14-5-9-16(20)10-6-14;1-13-6-8-15(9-7-13)10-11-18-17(20)19-16-5-3-4-14(2)12-16;18-14-8-6-12(7-9-14)10-11-16-15(19)17-13-4-2-1-3-5-13/h3-8,12,21H,1-2,9-11H2,(H2,19,20,22);2-7,10H,8-9H2,1H3,(H2,19,22)(H2,20,21,23);2-9,22H,10-11H2,1H3,(H2,20,21,23);3-10H,11-12H2,1-2H3,(H2,18,19,20);1,3-10,20H,11-12H2,(H2,18,19,21);3-9,12H,10-11H2,1-2H3,(H2,18,19,20);1-9,18H,10-11H2,(H2,16,17,19). The molecule has 1 aliphatic rings. The highest BCUT2D eigenvalue weighted by atomic mass is 35.5. The van der Waals surface area contributed by atoms with Crippen LogP contribution in [-0.4, -0.2) is 128 Å². The fraction of sp³-hybridized carbons (Fsp3) is 0.203. The van der Waals surface area contributed by atoms with Crippen LogP contribution < -0.4 is 89.6 Å². The van der Waals surface area contributed by atoms with Crippen LogP contribution in [0.3, 0.4) is 0 Å². The Kier molecular flexibility index (Phi) is 48.2. The zero-order valence-electron chi connectivity index (χ0n) is 84.4. The Hall–Kier alpha value is -18.1. The van der Waals surface area contributed by atoms with Crippen molar-refractivity contribution >= 4 is 99.5 Å². The number of benzene rings is 14. The van der Waals surface area contributed by atoms with Crippen LogP contribution in [0.25, 0.3) is 0 Å². The van der Waals surface area contributed by atoms with E-state index in [9.17, 15) is 62.5 Å². The Labute approximate surface area is 878 Å². The molecule has 0 saturated carbocycles. The van der Waals surface area contributed by atoms with Crippen LogP contribution in [0.2, 0.25) is 5.02 Å². The molecule has 1 aliphatic heterocycles. The first-order chi connectivity index (χ1) is 72.2. The van der Waals surface area contributed by atoms with Gasteiger partial charge in [0.05, 0.1) is 35.7 Å². The van der Waals surface area contributed by atoms with E-state index in [1.54, 1.807) is 110 Å². The summed E-state index contributed by atoms with van der Waals surface area (Å²) < 4.78 is 37.7. The molecule has 15 amide bonds. The molecule has 0 atom stereocenters. The van der Waals surface area contributed by atoms with Crippen molar-refractivity contribution in [1.82, 2.24) is 37.2 Å². The SMILES string of the molecule is C#Cc1ccc(NC(=O)NCCc2ccc(O)cc2)cc1.CC(F)(F)c1ccccc1NC(=O)NCCc1ccc(O)cc1.COc1ccccc1NC(=O)NCCc1ccc(C)cc1.Cc1ccc(CCNC(=O)Nc2ccc(C(N)=O)c(Cl)c2)cc1.Cc1ccc(CCNC(=O)Nc2cccc(C)c2)cc1.O=C(NCCc1ccc(O)cc1)Nc1ccc2c(c1)OCCC2.O=C(NCCc1ccc(O)cc1)Nc1ccccc1. The number of nitrogens with two attached hydrogens (primary N) is 1. The lowest BCUT2D eigenvalue weighted by molar-refractivity contribution is 0.0182. The molecule has 14 aromatic rings. The monoisotopic (exact) mass is 2050 g/mol. The lowest BCUT2D eigenvalue weighted by Gasteiger charge is -2.18. The van der Waals surface area contributed by atoms with Gasteiger partial charge >= 0.3 is 42.2 Å². The second-order valence-electron chi connectivity index (χ2n) is 34.5. The van der Waals surface area contributed by atoms with E-state index in [-0.39, 0.29) is 81.0 Å². The molecule has 0 aromatic heterocycles. The van der Waals surface area contributed by atoms with Gasteiger partial charge in [-0.1, -0.05) is 222 Å². The fourth-order valence-electron chi connectivity index (χ4n) is 14.2. The number of amides is 15. The van der Waals surface area contributed by atoms with E-state index in [1.807, 2.05) is 166 Å². The van der Waals surface area contributed by atoms with Gasteiger partial charge in [0.25, 0.3) is 5.92 Å². The van der Waals surface area contributed by atoms with E-state index < -0.39 is 17.9 Å². The van der Waals surface area contributed by atoms with Gasteiger partial charge in [0.1, 0.15) is 34.5 Å². The number of hydrogen-bond acceptors (Lipinski definition) is 14. The summed E-state index contributed by atoms with van der Waals surface area (Å²) in [5.74, 6) is 1.29. The quantitative estimate of drug-likeness (QED) is 0.0180. The molecule has 0 fully saturated rings. The Balaban J connectivity index is 0.000000194. The van der Waals surface area contributed by atoms with E-state index in [2.05, 4.69) is 143 Å². The summed E-state index contributed by atoms with van der Waals surface area (Å²) in [5, 5.41) is 75.4. The van der Waals surface area contributed by atoms with Gasteiger partial charge in [-0.05, 0) is 275 Å². The van der Waals surface area contributed by atoms with Crippen LogP contribution in [0, 0.1) is 40.0 Å². The number of alkyl halides is 2. The second kappa shape index (κ2) is 62.6. The molecular weight excluding hydrogens is 1920 g/mol. The number of hydrogen-bond donors (Lipinski definition) is 19. The van der Waals surface area contributed by atoms with Crippen LogP contribution in [-0.2, 0) is 57.3 Å². The maximum Gasteiger partial charge on any atom is 0.319 e. The van der Waals surface area contributed by atoms with E-state index >= 15 is 0 Å². The largest absolute Gasteiger partial charge is 0.508 e. The van der Waals surface area contributed by atoms with Crippen molar-refractivity contribution in [3.63, 3.8) is 0 Å². The Morgan fingerprint density at radius 1 is 0.360 bits per heavy atom. The summed E-state index contributed by atoms with van der Waals surface area (Å²) in [6, 6.07) is 97.8. The molecule has 29 nitrogen and oxygen atoms in total. The number of halogens is 3. The van der Waals surface area contributed by atoms with Crippen LogP contribution >= 0.6 is 11.6 Å². The van der Waals surface area contributed by atoms with Crippen molar-refractivity contribution in [3.05, 3.63) is 422 Å². The topological polar surface area (TPSA) is 430 Å². The maximum absolute atomic E-state index is 13.5. The van der Waals surface area contributed by atoms with Crippen LogP contribution in [0.4, 0.5) is 82.2 Å². The average molecular weight is 2050 g/mol. The normalized spacial score (nSPS) is 10.6. The zero-order chi connectivity index (χ0) is 108. The fourth-order valence-corrected chi connectivity index (χ4v) is 14.5. The summed E-state index contributed by atoms with van der Waals surface area (Å²) in [6.07, 6.45) is 12.4. The number of urea groups is 7. The van der Waals surface area contributed by atoms with Gasteiger partial charge in [-0.15, -0.1) is 6.42 Å². The van der Waals surface area contributed by atoms with E-state index in [4.69, 9.17) is 38.3 Å². The molecule has 150 heavy (non-hydrogen) atoms. The molecule has 0 unspecified atom stereocenters. The third-order valence-electron chi connectivity index (χ3n) is 22.3. The summed E-state index contributed by atoms with van der Waals surface area (Å²) in [6.45, 7) is 13.3. The number of para-hydroxylation sites is 4. The van der Waals surface area contributed by atoms with Gasteiger partial charge in [-0.3, -0.25) is 4.79 Å². The van der Waals surface area contributed by atoms with Gasteiger partial charge in [-0.2, -0.15) is 0 Å². The molecule has 0 bridgehead atoms. The molecule has 32 heteroatoms. The summed E-state index contributed by atoms with van der Waals surface area (Å²) >= 11 is 5.93. The highest BCUT2D eigenvalue weighted by Crippen LogP contribution is 2.34. The Morgan fingerprint density at radius 2 is 0.673 bits per heavy atom. The van der Waals surface area contributed by atoms with Crippen molar-refractivity contribution in [2.75, 3.05) is 96.7 Å². The molecule has 14 aromatic carbocycles. The number of ether oxygens (including phenoxy) is 2. The first-order valence-corrected chi connectivity index (χ1v) is 48.9. The predicted molar refractivity (Wildman–Crippen MR) is 592 cm³/mol. The number of carbonyl (C=O) groups is 8. The summed E-state index contributed by atoms with van der Waals surface area (Å²) in [5.41, 5.74) is 23.9. The minimum absolute atomic E-state index is 0.0853. The zero-order valence-corrected chi connectivity index (χ0v) is 85.2. The van der Waals surface area contributed by atoms with E-state index in [0.29, 0.717) is 87.9 Å².